The standard InChI is InChI=1S/C13H19N5O2/c1-4-8-7(2)10(19-3)13(20-8)18-6-17-9-11(14)15-5-16-12(9)18/h5-8,10,13H,4H2,1-3H3,(H2,14,15,16)/t7-,8-,10-,13-/m1/s1. The summed E-state index contributed by atoms with van der Waals surface area (Å²) in [6, 6.07) is 0. The van der Waals surface area contributed by atoms with E-state index in [1.165, 1.54) is 6.33 Å². The lowest BCUT2D eigenvalue weighted by Gasteiger charge is -2.20. The van der Waals surface area contributed by atoms with Crippen LogP contribution in [0.5, 0.6) is 0 Å². The Kier molecular flexibility index (Phi) is 3.31. The summed E-state index contributed by atoms with van der Waals surface area (Å²) in [4.78, 5) is 12.5. The van der Waals surface area contributed by atoms with E-state index in [0.717, 1.165) is 6.42 Å². The second kappa shape index (κ2) is 4.99. The minimum Gasteiger partial charge on any atom is -0.382 e. The molecular weight excluding hydrogens is 258 g/mol. The summed E-state index contributed by atoms with van der Waals surface area (Å²) in [7, 11) is 1.71. The topological polar surface area (TPSA) is 88.1 Å². The molecule has 2 N–H and O–H groups in total. The first-order valence-corrected chi connectivity index (χ1v) is 6.78. The molecule has 108 valence electrons. The highest BCUT2D eigenvalue weighted by Gasteiger charge is 2.42. The molecule has 0 radical (unpaired) electrons. The molecule has 2 aromatic heterocycles. The lowest BCUT2D eigenvalue weighted by molar-refractivity contribution is -0.0484. The van der Waals surface area contributed by atoms with E-state index in [4.69, 9.17) is 15.2 Å². The Morgan fingerprint density at radius 2 is 2.20 bits per heavy atom. The summed E-state index contributed by atoms with van der Waals surface area (Å²) in [6.07, 6.45) is 3.97. The van der Waals surface area contributed by atoms with Crippen LogP contribution < -0.4 is 5.73 Å². The summed E-state index contributed by atoms with van der Waals surface area (Å²) in [5.41, 5.74) is 7.09. The monoisotopic (exact) mass is 277 g/mol. The van der Waals surface area contributed by atoms with Gasteiger partial charge in [-0.2, -0.15) is 0 Å². The van der Waals surface area contributed by atoms with E-state index in [-0.39, 0.29) is 18.4 Å². The van der Waals surface area contributed by atoms with E-state index >= 15 is 0 Å². The van der Waals surface area contributed by atoms with Crippen molar-refractivity contribution >= 4 is 17.0 Å². The van der Waals surface area contributed by atoms with Gasteiger partial charge in [-0.25, -0.2) is 15.0 Å². The van der Waals surface area contributed by atoms with Crippen LogP contribution in [0.2, 0.25) is 0 Å². The number of hydrogen-bond donors (Lipinski definition) is 1. The van der Waals surface area contributed by atoms with Crippen LogP contribution in [0, 0.1) is 5.92 Å². The molecule has 0 unspecified atom stereocenters. The molecular formula is C13H19N5O2. The first-order valence-electron chi connectivity index (χ1n) is 6.78. The zero-order chi connectivity index (χ0) is 14.3. The number of aromatic nitrogens is 4. The van der Waals surface area contributed by atoms with Crippen LogP contribution in [-0.2, 0) is 9.47 Å². The number of anilines is 1. The molecule has 3 rings (SSSR count). The average Bonchev–Trinajstić information content (AvgIpc) is 3.00. The van der Waals surface area contributed by atoms with Gasteiger partial charge in [-0.1, -0.05) is 13.8 Å². The molecule has 0 aliphatic carbocycles. The SMILES string of the molecule is CC[C@H]1O[C@@H](n2cnc3c(N)ncnc32)[C@H](OC)[C@@H]1C. The van der Waals surface area contributed by atoms with Gasteiger partial charge in [0.1, 0.15) is 17.9 Å². The highest BCUT2D eigenvalue weighted by Crippen LogP contribution is 2.38. The first kappa shape index (κ1) is 13.3. The number of rotatable bonds is 3. The largest absolute Gasteiger partial charge is 0.382 e. The van der Waals surface area contributed by atoms with E-state index < -0.39 is 0 Å². The second-order valence-corrected chi connectivity index (χ2v) is 5.12. The van der Waals surface area contributed by atoms with Crippen molar-refractivity contribution < 1.29 is 9.47 Å². The van der Waals surface area contributed by atoms with Crippen molar-refractivity contribution in [2.45, 2.75) is 38.7 Å². The molecule has 1 saturated heterocycles. The minimum atomic E-state index is -0.237. The number of nitrogens with zero attached hydrogens (tertiary/aromatic N) is 4. The quantitative estimate of drug-likeness (QED) is 0.911. The van der Waals surface area contributed by atoms with E-state index in [9.17, 15) is 0 Å². The molecule has 1 aliphatic rings. The predicted octanol–water partition coefficient (Wildman–Crippen LogP) is 1.37. The molecule has 1 fully saturated rings. The van der Waals surface area contributed by atoms with Gasteiger partial charge >= 0.3 is 0 Å². The molecule has 7 heteroatoms. The van der Waals surface area contributed by atoms with Crippen LogP contribution in [0.3, 0.4) is 0 Å². The van der Waals surface area contributed by atoms with Gasteiger partial charge in [0.2, 0.25) is 0 Å². The number of hydrogen-bond acceptors (Lipinski definition) is 6. The maximum absolute atomic E-state index is 6.12. The van der Waals surface area contributed by atoms with Gasteiger partial charge in [-0.05, 0) is 6.42 Å². The summed E-state index contributed by atoms with van der Waals surface area (Å²) >= 11 is 0. The van der Waals surface area contributed by atoms with Crippen molar-refractivity contribution in [1.29, 1.82) is 0 Å². The van der Waals surface area contributed by atoms with Gasteiger partial charge in [0.05, 0.1) is 12.4 Å². The lowest BCUT2D eigenvalue weighted by atomic mass is 9.98. The van der Waals surface area contributed by atoms with Crippen molar-refractivity contribution in [3.63, 3.8) is 0 Å². The molecule has 0 spiro atoms. The number of methoxy groups -OCH3 is 1. The predicted molar refractivity (Wildman–Crippen MR) is 73.9 cm³/mol. The van der Waals surface area contributed by atoms with E-state index in [1.807, 2.05) is 4.57 Å². The highest BCUT2D eigenvalue weighted by molar-refractivity contribution is 5.81. The zero-order valence-corrected chi connectivity index (χ0v) is 11.9. The maximum Gasteiger partial charge on any atom is 0.167 e. The molecule has 20 heavy (non-hydrogen) atoms. The average molecular weight is 277 g/mol. The fourth-order valence-electron chi connectivity index (χ4n) is 2.93. The summed E-state index contributed by atoms with van der Waals surface area (Å²) in [5.74, 6) is 0.687. The van der Waals surface area contributed by atoms with Gasteiger partial charge in [0.25, 0.3) is 0 Å². The Balaban J connectivity index is 2.04. The second-order valence-electron chi connectivity index (χ2n) is 5.12. The number of nitrogens with two attached hydrogens (primary N) is 1. The molecule has 0 bridgehead atoms. The molecule has 3 heterocycles. The molecule has 7 nitrogen and oxygen atoms in total. The molecule has 0 saturated carbocycles. The molecule has 2 aromatic rings. The van der Waals surface area contributed by atoms with E-state index in [0.29, 0.717) is 22.9 Å². The fourth-order valence-corrected chi connectivity index (χ4v) is 2.93. The number of fused-ring (bicyclic) bond motifs is 1. The smallest absolute Gasteiger partial charge is 0.167 e. The third kappa shape index (κ3) is 1.85. The van der Waals surface area contributed by atoms with Crippen molar-refractivity contribution in [1.82, 2.24) is 19.5 Å². The van der Waals surface area contributed by atoms with Crippen LogP contribution in [0.15, 0.2) is 12.7 Å². The number of nitrogen functional groups attached to an aromatic ring is 1. The van der Waals surface area contributed by atoms with Crippen molar-refractivity contribution in [2.75, 3.05) is 12.8 Å². The Labute approximate surface area is 117 Å². The third-order valence-electron chi connectivity index (χ3n) is 4.04. The number of ether oxygens (including phenoxy) is 2. The zero-order valence-electron chi connectivity index (χ0n) is 11.9. The van der Waals surface area contributed by atoms with Crippen molar-refractivity contribution in [3.05, 3.63) is 12.7 Å². The molecule has 0 amide bonds. The summed E-state index contributed by atoms with van der Waals surface area (Å²) in [5, 5.41) is 0. The van der Waals surface area contributed by atoms with Gasteiger partial charge in [0.15, 0.2) is 17.7 Å². The Morgan fingerprint density at radius 1 is 1.40 bits per heavy atom. The van der Waals surface area contributed by atoms with E-state index in [2.05, 4.69) is 28.8 Å². The fraction of sp³-hybridized carbons (Fsp3) is 0.615. The van der Waals surface area contributed by atoms with Crippen LogP contribution >= 0.6 is 0 Å². The molecule has 0 aromatic carbocycles. The van der Waals surface area contributed by atoms with E-state index in [1.54, 1.807) is 13.4 Å². The first-order chi connectivity index (χ1) is 9.67. The van der Waals surface area contributed by atoms with Gasteiger partial charge < -0.3 is 15.2 Å². The van der Waals surface area contributed by atoms with Crippen LogP contribution in [0.1, 0.15) is 26.5 Å². The molecule has 4 atom stereocenters. The lowest BCUT2D eigenvalue weighted by Crippen LogP contribution is -2.26. The van der Waals surface area contributed by atoms with Crippen molar-refractivity contribution in [2.24, 2.45) is 5.92 Å². The van der Waals surface area contributed by atoms with Crippen LogP contribution in [-0.4, -0.2) is 38.8 Å². The van der Waals surface area contributed by atoms with Gasteiger partial charge in [-0.3, -0.25) is 4.57 Å². The van der Waals surface area contributed by atoms with Gasteiger partial charge in [-0.15, -0.1) is 0 Å². The van der Waals surface area contributed by atoms with Gasteiger partial charge in [0, 0.05) is 13.0 Å². The minimum absolute atomic E-state index is 0.0338. The van der Waals surface area contributed by atoms with Crippen LogP contribution in [0.4, 0.5) is 5.82 Å². The third-order valence-corrected chi connectivity index (χ3v) is 4.04. The van der Waals surface area contributed by atoms with Crippen molar-refractivity contribution in [3.8, 4) is 0 Å². The Hall–Kier alpha value is -1.73. The maximum atomic E-state index is 6.12. The van der Waals surface area contributed by atoms with Crippen LogP contribution in [0.25, 0.3) is 11.2 Å². The normalized spacial score (nSPS) is 30.1. The summed E-state index contributed by atoms with van der Waals surface area (Å²) in [6.45, 7) is 4.26. The highest BCUT2D eigenvalue weighted by atomic mass is 16.6. The Morgan fingerprint density at radius 3 is 2.90 bits per heavy atom. The summed E-state index contributed by atoms with van der Waals surface area (Å²) < 4.78 is 13.6. The Bertz CT molecular complexity index is 614. The molecule has 1 aliphatic heterocycles. The number of imidazole rings is 1.